The van der Waals surface area contributed by atoms with E-state index < -0.39 is 17.1 Å². The number of nitro benzene ring substituents is 1. The van der Waals surface area contributed by atoms with Gasteiger partial charge in [0.1, 0.15) is 19.3 Å². The molecule has 8 heteroatoms. The standard InChI is InChI=1S/C25H26N2O6/c1-19(21-12-6-3-7-13-21)26(25(29)33-17-20-10-4-2-5-11-20)16-22(28)18-32-24-15-9-8-14-23(24)27(30)31/h2-15,19,22,28H,16-18H2,1H3/t19-,22?/m1/s1. The smallest absolute Gasteiger partial charge is 0.410 e. The van der Waals surface area contributed by atoms with Crippen LogP contribution < -0.4 is 4.74 Å². The summed E-state index contributed by atoms with van der Waals surface area (Å²) in [6.07, 6.45) is -1.68. The number of nitrogens with zero attached hydrogens (tertiary/aromatic N) is 2. The third-order valence-corrected chi connectivity index (χ3v) is 5.09. The van der Waals surface area contributed by atoms with Gasteiger partial charge in [0, 0.05) is 6.07 Å². The highest BCUT2D eigenvalue weighted by atomic mass is 16.6. The lowest BCUT2D eigenvalue weighted by Crippen LogP contribution is -2.41. The Labute approximate surface area is 192 Å². The second-order valence-electron chi connectivity index (χ2n) is 7.47. The molecule has 3 aromatic carbocycles. The predicted octanol–water partition coefficient (Wildman–Crippen LogP) is 4.73. The Hall–Kier alpha value is -3.91. The van der Waals surface area contributed by atoms with Crippen LogP contribution in [0.3, 0.4) is 0 Å². The number of hydrogen-bond donors (Lipinski definition) is 1. The minimum Gasteiger partial charge on any atom is -0.484 e. The van der Waals surface area contributed by atoms with Gasteiger partial charge >= 0.3 is 11.8 Å². The van der Waals surface area contributed by atoms with E-state index in [1.54, 1.807) is 6.07 Å². The molecule has 0 bridgehead atoms. The molecule has 172 valence electrons. The Morgan fingerprint density at radius 3 is 2.27 bits per heavy atom. The van der Waals surface area contributed by atoms with Gasteiger partial charge in [-0.05, 0) is 24.1 Å². The van der Waals surface area contributed by atoms with Gasteiger partial charge in [0.05, 0.1) is 17.5 Å². The van der Waals surface area contributed by atoms with E-state index in [-0.39, 0.29) is 37.2 Å². The van der Waals surface area contributed by atoms with Crippen LogP contribution in [-0.4, -0.2) is 40.3 Å². The van der Waals surface area contributed by atoms with Gasteiger partial charge in [0.2, 0.25) is 0 Å². The maximum atomic E-state index is 12.9. The third-order valence-electron chi connectivity index (χ3n) is 5.09. The van der Waals surface area contributed by atoms with Crippen LogP contribution in [-0.2, 0) is 11.3 Å². The summed E-state index contributed by atoms with van der Waals surface area (Å²) in [5, 5.41) is 21.8. The van der Waals surface area contributed by atoms with E-state index in [9.17, 15) is 20.0 Å². The Balaban J connectivity index is 1.69. The van der Waals surface area contributed by atoms with E-state index in [2.05, 4.69) is 0 Å². The Morgan fingerprint density at radius 1 is 1.00 bits per heavy atom. The molecule has 1 amide bonds. The molecule has 8 nitrogen and oxygen atoms in total. The van der Waals surface area contributed by atoms with Crippen molar-refractivity contribution in [3.63, 3.8) is 0 Å². The van der Waals surface area contributed by atoms with Crippen molar-refractivity contribution in [2.24, 2.45) is 0 Å². The molecular formula is C25H26N2O6. The molecule has 33 heavy (non-hydrogen) atoms. The molecule has 1 N–H and O–H groups in total. The molecule has 0 fully saturated rings. The predicted molar refractivity (Wildman–Crippen MR) is 123 cm³/mol. The number of carbonyl (C=O) groups is 1. The number of aliphatic hydroxyl groups excluding tert-OH is 1. The van der Waals surface area contributed by atoms with Crippen molar-refractivity contribution in [1.82, 2.24) is 4.90 Å². The fourth-order valence-corrected chi connectivity index (χ4v) is 3.30. The summed E-state index contributed by atoms with van der Waals surface area (Å²) < 4.78 is 11.0. The van der Waals surface area contributed by atoms with Crippen LogP contribution >= 0.6 is 0 Å². The van der Waals surface area contributed by atoms with Crippen LogP contribution in [0.4, 0.5) is 10.5 Å². The highest BCUT2D eigenvalue weighted by Crippen LogP contribution is 2.26. The topological polar surface area (TPSA) is 102 Å². The zero-order valence-electron chi connectivity index (χ0n) is 18.2. The van der Waals surface area contributed by atoms with E-state index in [0.29, 0.717) is 0 Å². The molecule has 0 spiro atoms. The first-order chi connectivity index (χ1) is 16.0. The van der Waals surface area contributed by atoms with Gasteiger partial charge in [-0.2, -0.15) is 0 Å². The zero-order valence-corrected chi connectivity index (χ0v) is 18.2. The first-order valence-corrected chi connectivity index (χ1v) is 10.5. The fourth-order valence-electron chi connectivity index (χ4n) is 3.30. The molecule has 0 aliphatic heterocycles. The van der Waals surface area contributed by atoms with Gasteiger partial charge < -0.3 is 14.6 Å². The van der Waals surface area contributed by atoms with Gasteiger partial charge in [-0.15, -0.1) is 0 Å². The van der Waals surface area contributed by atoms with Crippen LogP contribution in [0.1, 0.15) is 24.1 Å². The summed E-state index contributed by atoms with van der Waals surface area (Å²) in [6.45, 7) is 1.63. The van der Waals surface area contributed by atoms with Gasteiger partial charge in [0.15, 0.2) is 5.75 Å². The molecule has 0 saturated heterocycles. The summed E-state index contributed by atoms with van der Waals surface area (Å²) in [6, 6.07) is 24.2. The maximum absolute atomic E-state index is 12.9. The number of carbonyl (C=O) groups excluding carboxylic acids is 1. The van der Waals surface area contributed by atoms with Crippen LogP contribution in [0.2, 0.25) is 0 Å². The van der Waals surface area contributed by atoms with Gasteiger partial charge in [0.25, 0.3) is 0 Å². The number of nitro groups is 1. The first-order valence-electron chi connectivity index (χ1n) is 10.5. The Kier molecular flexibility index (Phi) is 8.37. The summed E-state index contributed by atoms with van der Waals surface area (Å²) >= 11 is 0. The molecular weight excluding hydrogens is 424 g/mol. The fraction of sp³-hybridized carbons (Fsp3) is 0.240. The van der Waals surface area contributed by atoms with E-state index in [1.807, 2.05) is 67.6 Å². The van der Waals surface area contributed by atoms with Crippen molar-refractivity contribution in [2.75, 3.05) is 13.2 Å². The summed E-state index contributed by atoms with van der Waals surface area (Å²) in [7, 11) is 0. The molecule has 0 aliphatic rings. The second-order valence-corrected chi connectivity index (χ2v) is 7.47. The molecule has 0 heterocycles. The van der Waals surface area contributed by atoms with Crippen molar-refractivity contribution in [3.05, 3.63) is 106 Å². The van der Waals surface area contributed by atoms with Crippen LogP contribution in [0.15, 0.2) is 84.9 Å². The van der Waals surface area contributed by atoms with Crippen LogP contribution in [0.5, 0.6) is 5.75 Å². The lowest BCUT2D eigenvalue weighted by Gasteiger charge is -2.30. The summed E-state index contributed by atoms with van der Waals surface area (Å²) in [5.74, 6) is 0.0517. The number of hydrogen-bond acceptors (Lipinski definition) is 6. The summed E-state index contributed by atoms with van der Waals surface area (Å²) in [5.41, 5.74) is 1.53. The van der Waals surface area contributed by atoms with E-state index in [4.69, 9.17) is 9.47 Å². The van der Waals surface area contributed by atoms with E-state index >= 15 is 0 Å². The molecule has 0 aliphatic carbocycles. The number of amides is 1. The summed E-state index contributed by atoms with van der Waals surface area (Å²) in [4.78, 5) is 25.0. The van der Waals surface area contributed by atoms with Crippen molar-refractivity contribution in [1.29, 1.82) is 0 Å². The van der Waals surface area contributed by atoms with Gasteiger partial charge in [-0.25, -0.2) is 4.79 Å². The number of benzene rings is 3. The zero-order chi connectivity index (χ0) is 23.6. The lowest BCUT2D eigenvalue weighted by molar-refractivity contribution is -0.385. The SMILES string of the molecule is C[C@H](c1ccccc1)N(CC(O)COc1ccccc1[N+](=O)[O-])C(=O)OCc1ccccc1. The highest BCUT2D eigenvalue weighted by Gasteiger charge is 2.26. The van der Waals surface area contributed by atoms with Crippen molar-refractivity contribution < 1.29 is 24.3 Å². The van der Waals surface area contributed by atoms with Crippen molar-refractivity contribution >= 4 is 11.8 Å². The molecule has 0 saturated carbocycles. The lowest BCUT2D eigenvalue weighted by atomic mass is 10.1. The van der Waals surface area contributed by atoms with E-state index in [0.717, 1.165) is 11.1 Å². The van der Waals surface area contributed by atoms with Crippen LogP contribution in [0.25, 0.3) is 0 Å². The molecule has 3 rings (SSSR count). The van der Waals surface area contributed by atoms with Gasteiger partial charge in [-0.3, -0.25) is 15.0 Å². The first kappa shape index (κ1) is 23.7. The average Bonchev–Trinajstić information content (AvgIpc) is 2.85. The minimum absolute atomic E-state index is 0.0517. The van der Waals surface area contributed by atoms with E-state index in [1.165, 1.54) is 23.1 Å². The average molecular weight is 450 g/mol. The highest BCUT2D eigenvalue weighted by molar-refractivity contribution is 5.68. The largest absolute Gasteiger partial charge is 0.484 e. The Morgan fingerprint density at radius 2 is 1.61 bits per heavy atom. The molecule has 0 radical (unpaired) electrons. The van der Waals surface area contributed by atoms with Gasteiger partial charge in [-0.1, -0.05) is 72.8 Å². The Bertz CT molecular complexity index is 1050. The third kappa shape index (κ3) is 6.78. The normalized spacial score (nSPS) is 12.4. The minimum atomic E-state index is -1.10. The second kappa shape index (κ2) is 11.6. The number of rotatable bonds is 10. The molecule has 1 unspecified atom stereocenters. The number of para-hydroxylation sites is 2. The maximum Gasteiger partial charge on any atom is 0.410 e. The van der Waals surface area contributed by atoms with Crippen molar-refractivity contribution in [3.8, 4) is 5.75 Å². The number of ether oxygens (including phenoxy) is 2. The van der Waals surface area contributed by atoms with Crippen molar-refractivity contribution in [2.45, 2.75) is 25.7 Å². The van der Waals surface area contributed by atoms with Crippen LogP contribution in [0, 0.1) is 10.1 Å². The molecule has 2 atom stereocenters. The number of aliphatic hydroxyl groups is 1. The molecule has 3 aromatic rings. The molecule has 0 aromatic heterocycles. The quantitative estimate of drug-likeness (QED) is 0.354. The monoisotopic (exact) mass is 450 g/mol.